The van der Waals surface area contributed by atoms with Crippen LogP contribution in [0.3, 0.4) is 0 Å². The van der Waals surface area contributed by atoms with Crippen molar-refractivity contribution in [2.24, 2.45) is 0 Å². The van der Waals surface area contributed by atoms with E-state index in [-0.39, 0.29) is 10.8 Å². The molecule has 2 N–H and O–H groups in total. The fourth-order valence-electron chi connectivity index (χ4n) is 8.78. The van der Waals surface area contributed by atoms with Gasteiger partial charge in [-0.05, 0) is 62.1 Å². The Labute approximate surface area is 326 Å². The molecule has 0 bridgehead atoms. The van der Waals surface area contributed by atoms with Gasteiger partial charge in [0.1, 0.15) is 0 Å². The van der Waals surface area contributed by atoms with Crippen molar-refractivity contribution in [1.29, 1.82) is 0 Å². The third-order valence-corrected chi connectivity index (χ3v) is 11.4. The zero-order valence-corrected chi connectivity index (χ0v) is 31.9. The van der Waals surface area contributed by atoms with Gasteiger partial charge < -0.3 is 10.6 Å². The second kappa shape index (κ2) is 16.0. The van der Waals surface area contributed by atoms with Gasteiger partial charge in [0.2, 0.25) is 11.4 Å². The van der Waals surface area contributed by atoms with Crippen molar-refractivity contribution in [3.8, 4) is 0 Å². The summed E-state index contributed by atoms with van der Waals surface area (Å²) in [5, 5.41) is 7.09. The minimum absolute atomic E-state index is 0.204. The summed E-state index contributed by atoms with van der Waals surface area (Å²) < 4.78 is 5.16. The molecule has 2 unspecified atom stereocenters. The fraction of sp³-hybridized carbons (Fsp3) is 0.176. The molecule has 2 aliphatic rings. The van der Waals surface area contributed by atoms with Crippen LogP contribution < -0.4 is 10.6 Å². The second-order valence-corrected chi connectivity index (χ2v) is 15.1. The first kappa shape index (κ1) is 35.8. The summed E-state index contributed by atoms with van der Waals surface area (Å²) in [4.78, 5) is 0. The highest BCUT2D eigenvalue weighted by molar-refractivity contribution is 6.04. The number of nitrogens with zero attached hydrogens (tertiary/aromatic N) is 2. The Balaban J connectivity index is 1.16. The number of allylic oxidation sites excluding steroid dienone is 2. The molecule has 8 rings (SSSR count). The van der Waals surface area contributed by atoms with E-state index < -0.39 is 0 Å². The molecule has 2 aliphatic heterocycles. The molecule has 2 atom stereocenters. The lowest BCUT2D eigenvalue weighted by atomic mass is 9.74. The highest BCUT2D eigenvalue weighted by Crippen LogP contribution is 2.44. The summed E-state index contributed by atoms with van der Waals surface area (Å²) in [5.74, 6) is 0. The topological polar surface area (TPSA) is 30.1 Å². The number of benzene rings is 6. The Bertz CT molecular complexity index is 2190. The molecule has 272 valence electrons. The highest BCUT2D eigenvalue weighted by Gasteiger charge is 2.49. The molecular formula is C51H50N4+2. The van der Waals surface area contributed by atoms with Crippen molar-refractivity contribution in [3.63, 3.8) is 0 Å². The molecule has 0 saturated heterocycles. The van der Waals surface area contributed by atoms with Crippen LogP contribution in [0.1, 0.15) is 42.5 Å². The van der Waals surface area contributed by atoms with E-state index in [1.807, 2.05) is 0 Å². The molecule has 0 aromatic heterocycles. The van der Waals surface area contributed by atoms with Crippen molar-refractivity contribution in [1.82, 2.24) is 0 Å². The van der Waals surface area contributed by atoms with E-state index in [9.17, 15) is 0 Å². The van der Waals surface area contributed by atoms with Gasteiger partial charge in [0.25, 0.3) is 0 Å². The van der Waals surface area contributed by atoms with Crippen molar-refractivity contribution < 1.29 is 9.15 Å². The first-order chi connectivity index (χ1) is 27.0. The Kier molecular flexibility index (Phi) is 10.4. The second-order valence-electron chi connectivity index (χ2n) is 15.1. The maximum atomic E-state index is 3.55. The molecule has 4 heteroatoms. The van der Waals surface area contributed by atoms with E-state index >= 15 is 0 Å². The largest absolute Gasteiger partial charge is 0.361 e. The van der Waals surface area contributed by atoms with Crippen molar-refractivity contribution in [3.05, 3.63) is 217 Å². The van der Waals surface area contributed by atoms with Gasteiger partial charge in [0, 0.05) is 59.2 Å². The first-order valence-electron chi connectivity index (χ1n) is 19.6. The molecule has 0 saturated carbocycles. The van der Waals surface area contributed by atoms with Gasteiger partial charge in [-0.2, -0.15) is 9.15 Å². The van der Waals surface area contributed by atoms with E-state index in [0.29, 0.717) is 0 Å². The number of para-hydroxylation sites is 4. The minimum atomic E-state index is -0.204. The van der Waals surface area contributed by atoms with Crippen molar-refractivity contribution in [2.45, 2.75) is 43.9 Å². The zero-order valence-electron chi connectivity index (χ0n) is 31.9. The number of fused-ring (bicyclic) bond motifs is 2. The fourth-order valence-corrected chi connectivity index (χ4v) is 8.78. The summed E-state index contributed by atoms with van der Waals surface area (Å²) >= 11 is 0. The summed E-state index contributed by atoms with van der Waals surface area (Å²) in [5.41, 5.74) is 12.4. The van der Waals surface area contributed by atoms with Crippen LogP contribution >= 0.6 is 0 Å². The van der Waals surface area contributed by atoms with Gasteiger partial charge >= 0.3 is 0 Å². The highest BCUT2D eigenvalue weighted by atomic mass is 15.1. The standard InChI is InChI=1S/C51H48N4/c1-50(38-40-20-7-3-8-21-40)44-28-15-17-30-46(44)54(48(50)32-34-52-42-24-11-5-12-25-42)36-19-37-55-47-31-18-16-29-45(47)51(2,39-41-22-9-4-10-23-41)49(55)33-35-53-43-26-13-6-14-27-43/h3-18,20-35H,19,36-39H2,1-2H3/p+2. The molecule has 0 fully saturated rings. The van der Waals surface area contributed by atoms with E-state index in [2.05, 4.69) is 228 Å². The van der Waals surface area contributed by atoms with Crippen LogP contribution in [0, 0.1) is 0 Å². The molecule has 4 nitrogen and oxygen atoms in total. The van der Waals surface area contributed by atoms with Gasteiger partial charge in [-0.3, -0.25) is 0 Å². The van der Waals surface area contributed by atoms with Crippen molar-refractivity contribution >= 4 is 34.2 Å². The van der Waals surface area contributed by atoms with Crippen LogP contribution in [-0.4, -0.2) is 33.7 Å². The average Bonchev–Trinajstić information content (AvgIpc) is 3.59. The van der Waals surface area contributed by atoms with Crippen LogP contribution in [0.5, 0.6) is 0 Å². The zero-order chi connectivity index (χ0) is 37.5. The molecule has 6 aromatic rings. The molecule has 0 spiro atoms. The minimum Gasteiger partial charge on any atom is -0.361 e. The number of nitrogens with one attached hydrogen (secondary N) is 2. The summed E-state index contributed by atoms with van der Waals surface area (Å²) in [6, 6.07) is 60.7. The third kappa shape index (κ3) is 7.46. The number of rotatable bonds is 14. The lowest BCUT2D eigenvalue weighted by Crippen LogP contribution is -2.35. The van der Waals surface area contributed by atoms with Crippen molar-refractivity contribution in [2.75, 3.05) is 23.7 Å². The maximum absolute atomic E-state index is 3.55. The SMILES string of the molecule is CC1(Cc2ccccc2)C(C=CNc2ccccc2)=[N+](CCC[N+]2=C(C=CNc3ccccc3)C(C)(Cc3ccccc3)c3ccccc32)c2ccccc21. The smallest absolute Gasteiger partial charge is 0.209 e. The third-order valence-electron chi connectivity index (χ3n) is 11.4. The summed E-state index contributed by atoms with van der Waals surface area (Å²) in [6.07, 6.45) is 11.7. The summed E-state index contributed by atoms with van der Waals surface area (Å²) in [6.45, 7) is 6.62. The molecule has 6 aromatic carbocycles. The molecule has 0 aliphatic carbocycles. The lowest BCUT2D eigenvalue weighted by molar-refractivity contribution is -0.470. The van der Waals surface area contributed by atoms with E-state index in [1.165, 1.54) is 45.1 Å². The molecule has 2 heterocycles. The van der Waals surface area contributed by atoms with Gasteiger partial charge in [-0.1, -0.05) is 133 Å². The molecular weight excluding hydrogens is 669 g/mol. The Hall–Kier alpha value is -6.26. The van der Waals surface area contributed by atoms with E-state index in [4.69, 9.17) is 0 Å². The van der Waals surface area contributed by atoms with E-state index in [0.717, 1.165) is 43.7 Å². The number of hydrogen-bond donors (Lipinski definition) is 2. The van der Waals surface area contributed by atoms with Crippen LogP contribution in [0.4, 0.5) is 22.7 Å². The van der Waals surface area contributed by atoms with Crippen LogP contribution in [0.15, 0.2) is 194 Å². The molecule has 0 radical (unpaired) electrons. The Morgan fingerprint density at radius 3 is 1.18 bits per heavy atom. The predicted molar refractivity (Wildman–Crippen MR) is 230 cm³/mol. The number of hydrogen-bond acceptors (Lipinski definition) is 2. The van der Waals surface area contributed by atoms with E-state index in [1.54, 1.807) is 0 Å². The van der Waals surface area contributed by atoms with Crippen LogP contribution in [0.2, 0.25) is 0 Å². The lowest BCUT2D eigenvalue weighted by Gasteiger charge is -2.23. The Morgan fingerprint density at radius 2 is 0.782 bits per heavy atom. The van der Waals surface area contributed by atoms with Crippen LogP contribution in [0.25, 0.3) is 0 Å². The van der Waals surface area contributed by atoms with Gasteiger partial charge in [-0.25, -0.2) is 0 Å². The van der Waals surface area contributed by atoms with Gasteiger partial charge in [0.15, 0.2) is 24.5 Å². The maximum Gasteiger partial charge on any atom is 0.209 e. The van der Waals surface area contributed by atoms with Gasteiger partial charge in [-0.15, -0.1) is 0 Å². The average molecular weight is 719 g/mol. The van der Waals surface area contributed by atoms with Gasteiger partial charge in [0.05, 0.1) is 17.3 Å². The Morgan fingerprint density at radius 1 is 0.436 bits per heavy atom. The normalized spacial score (nSPS) is 18.9. The predicted octanol–water partition coefficient (Wildman–Crippen LogP) is 11.2. The molecule has 55 heavy (non-hydrogen) atoms. The molecule has 0 amide bonds. The number of anilines is 2. The first-order valence-corrected chi connectivity index (χ1v) is 19.6. The van der Waals surface area contributed by atoms with Crippen LogP contribution in [-0.2, 0) is 23.7 Å². The monoisotopic (exact) mass is 718 g/mol. The summed E-state index contributed by atoms with van der Waals surface area (Å²) in [7, 11) is 0. The quantitative estimate of drug-likeness (QED) is 0.110.